The van der Waals surface area contributed by atoms with Gasteiger partial charge in [0.1, 0.15) is 6.04 Å². The summed E-state index contributed by atoms with van der Waals surface area (Å²) in [6.45, 7) is 5.13. The molecule has 1 unspecified atom stereocenters. The Kier molecular flexibility index (Phi) is 5.10. The highest BCUT2D eigenvalue weighted by Gasteiger charge is 2.34. The molecule has 0 spiro atoms. The van der Waals surface area contributed by atoms with Crippen molar-refractivity contribution >= 4 is 23.6 Å². The van der Waals surface area contributed by atoms with Gasteiger partial charge in [-0.25, -0.2) is 4.79 Å². The van der Waals surface area contributed by atoms with Gasteiger partial charge in [0.05, 0.1) is 5.88 Å². The Morgan fingerprint density at radius 1 is 1.42 bits per heavy atom. The summed E-state index contributed by atoms with van der Waals surface area (Å²) in [5.74, 6) is 0.840. The number of hydrogen-bond acceptors (Lipinski definition) is 4. The molecule has 108 valence electrons. The zero-order chi connectivity index (χ0) is 13.8. The van der Waals surface area contributed by atoms with E-state index in [4.69, 9.17) is 5.11 Å². The topological polar surface area (TPSA) is 60.9 Å². The highest BCUT2D eigenvalue weighted by atomic mass is 32.2. The van der Waals surface area contributed by atoms with Crippen molar-refractivity contribution in [2.24, 2.45) is 5.92 Å². The third kappa shape index (κ3) is 3.86. The summed E-state index contributed by atoms with van der Waals surface area (Å²) in [4.78, 5) is 27.0. The molecule has 6 heteroatoms. The fourth-order valence-electron chi connectivity index (χ4n) is 2.78. The third-order valence-corrected chi connectivity index (χ3v) is 4.88. The Bertz CT molecular complexity index is 351. The SMILES string of the molecule is CC1CCCN(CCC(=O)N2CSC[C@@H]2C(=O)O)C1. The first-order chi connectivity index (χ1) is 9.08. The fraction of sp³-hybridized carbons (Fsp3) is 0.846. The molecule has 1 amide bonds. The second kappa shape index (κ2) is 6.61. The number of carboxylic acid groups (broad SMARTS) is 1. The Hall–Kier alpha value is -0.750. The minimum Gasteiger partial charge on any atom is -0.480 e. The van der Waals surface area contributed by atoms with Gasteiger partial charge in [0.25, 0.3) is 0 Å². The fourth-order valence-corrected chi connectivity index (χ4v) is 3.95. The zero-order valence-corrected chi connectivity index (χ0v) is 12.2. The molecule has 0 aliphatic carbocycles. The lowest BCUT2D eigenvalue weighted by atomic mass is 10.0. The molecule has 0 saturated carbocycles. The molecule has 0 aromatic carbocycles. The number of amides is 1. The number of thioether (sulfide) groups is 1. The van der Waals surface area contributed by atoms with Crippen molar-refractivity contribution in [3.05, 3.63) is 0 Å². The number of likely N-dealkylation sites (tertiary alicyclic amines) is 1. The van der Waals surface area contributed by atoms with Gasteiger partial charge in [0.2, 0.25) is 5.91 Å². The maximum atomic E-state index is 12.1. The minimum atomic E-state index is -0.884. The van der Waals surface area contributed by atoms with E-state index in [2.05, 4.69) is 11.8 Å². The largest absolute Gasteiger partial charge is 0.480 e. The van der Waals surface area contributed by atoms with Crippen LogP contribution < -0.4 is 0 Å². The minimum absolute atomic E-state index is 0.0179. The second-order valence-corrected chi connectivity index (χ2v) is 6.52. The molecule has 2 atom stereocenters. The summed E-state index contributed by atoms with van der Waals surface area (Å²) in [6, 6.07) is -0.627. The summed E-state index contributed by atoms with van der Waals surface area (Å²) in [6.07, 6.45) is 2.91. The molecule has 5 nitrogen and oxygen atoms in total. The summed E-state index contributed by atoms with van der Waals surface area (Å²) >= 11 is 1.52. The number of carbonyl (C=O) groups is 2. The molecule has 0 aromatic heterocycles. The summed E-state index contributed by atoms with van der Waals surface area (Å²) in [5.41, 5.74) is 0. The van der Waals surface area contributed by atoms with Gasteiger partial charge in [0.15, 0.2) is 0 Å². The van der Waals surface area contributed by atoms with Crippen LogP contribution in [0, 0.1) is 5.92 Å². The quantitative estimate of drug-likeness (QED) is 0.838. The van der Waals surface area contributed by atoms with Gasteiger partial charge in [-0.1, -0.05) is 6.92 Å². The molecule has 2 rings (SSSR count). The molecule has 2 saturated heterocycles. The molecule has 2 aliphatic heterocycles. The number of nitrogens with zero attached hydrogens (tertiary/aromatic N) is 2. The first kappa shape index (κ1) is 14.7. The Balaban J connectivity index is 1.79. The average molecular weight is 286 g/mol. The van der Waals surface area contributed by atoms with Crippen LogP contribution in [0.4, 0.5) is 0 Å². The summed E-state index contributed by atoms with van der Waals surface area (Å²) in [5, 5.41) is 9.07. The van der Waals surface area contributed by atoms with E-state index in [0.29, 0.717) is 24.0 Å². The van der Waals surface area contributed by atoms with E-state index in [1.54, 1.807) is 0 Å². The van der Waals surface area contributed by atoms with Crippen molar-refractivity contribution in [2.45, 2.75) is 32.2 Å². The lowest BCUT2D eigenvalue weighted by Gasteiger charge is -2.31. The molecule has 0 aromatic rings. The van der Waals surface area contributed by atoms with Gasteiger partial charge < -0.3 is 14.9 Å². The van der Waals surface area contributed by atoms with Crippen molar-refractivity contribution < 1.29 is 14.7 Å². The number of carboxylic acids is 1. The van der Waals surface area contributed by atoms with Crippen LogP contribution in [0.15, 0.2) is 0 Å². The van der Waals surface area contributed by atoms with Crippen LogP contribution in [0.5, 0.6) is 0 Å². The van der Waals surface area contributed by atoms with Crippen molar-refractivity contribution in [3.63, 3.8) is 0 Å². The second-order valence-electron chi connectivity index (χ2n) is 5.52. The molecule has 19 heavy (non-hydrogen) atoms. The number of rotatable bonds is 4. The van der Waals surface area contributed by atoms with Crippen LogP contribution in [-0.2, 0) is 9.59 Å². The highest BCUT2D eigenvalue weighted by molar-refractivity contribution is 7.99. The van der Waals surface area contributed by atoms with Gasteiger partial charge in [-0.2, -0.15) is 0 Å². The maximum absolute atomic E-state index is 12.1. The van der Waals surface area contributed by atoms with E-state index < -0.39 is 12.0 Å². The van der Waals surface area contributed by atoms with Crippen LogP contribution in [0.2, 0.25) is 0 Å². The number of piperidine rings is 1. The Labute approximate surface area is 118 Å². The third-order valence-electron chi connectivity index (χ3n) is 3.87. The summed E-state index contributed by atoms with van der Waals surface area (Å²) < 4.78 is 0. The number of hydrogen-bond donors (Lipinski definition) is 1. The lowest BCUT2D eigenvalue weighted by molar-refractivity contribution is -0.147. The molecule has 2 fully saturated rings. The Morgan fingerprint density at radius 2 is 2.21 bits per heavy atom. The Morgan fingerprint density at radius 3 is 2.89 bits per heavy atom. The maximum Gasteiger partial charge on any atom is 0.327 e. The lowest BCUT2D eigenvalue weighted by Crippen LogP contribution is -2.43. The van der Waals surface area contributed by atoms with E-state index >= 15 is 0 Å². The molecule has 2 heterocycles. The predicted molar refractivity (Wildman–Crippen MR) is 75.0 cm³/mol. The number of carbonyl (C=O) groups excluding carboxylic acids is 1. The predicted octanol–water partition coefficient (Wildman–Crippen LogP) is 1.09. The number of aliphatic carboxylic acids is 1. The van der Waals surface area contributed by atoms with Crippen LogP contribution >= 0.6 is 11.8 Å². The monoisotopic (exact) mass is 286 g/mol. The highest BCUT2D eigenvalue weighted by Crippen LogP contribution is 2.22. The molecular formula is C13H22N2O3S. The van der Waals surface area contributed by atoms with Crippen LogP contribution in [0.1, 0.15) is 26.2 Å². The van der Waals surface area contributed by atoms with Crippen molar-refractivity contribution in [2.75, 3.05) is 31.3 Å². The van der Waals surface area contributed by atoms with Gasteiger partial charge in [-0.05, 0) is 25.3 Å². The van der Waals surface area contributed by atoms with E-state index in [9.17, 15) is 9.59 Å². The van der Waals surface area contributed by atoms with E-state index in [1.165, 1.54) is 29.5 Å². The normalized spacial score (nSPS) is 28.6. The van der Waals surface area contributed by atoms with Crippen molar-refractivity contribution in [1.29, 1.82) is 0 Å². The molecule has 1 N–H and O–H groups in total. The average Bonchev–Trinajstić information content (AvgIpc) is 2.85. The van der Waals surface area contributed by atoms with Gasteiger partial charge >= 0.3 is 5.97 Å². The van der Waals surface area contributed by atoms with E-state index in [1.807, 2.05) is 0 Å². The molecule has 0 bridgehead atoms. The van der Waals surface area contributed by atoms with Crippen LogP contribution in [0.3, 0.4) is 0 Å². The van der Waals surface area contributed by atoms with Gasteiger partial charge in [-0.15, -0.1) is 11.8 Å². The van der Waals surface area contributed by atoms with E-state index in [0.717, 1.165) is 19.6 Å². The van der Waals surface area contributed by atoms with Gasteiger partial charge in [-0.3, -0.25) is 4.79 Å². The standard InChI is InChI=1S/C13H22N2O3S/c1-10-3-2-5-14(7-10)6-4-12(16)15-9-19-8-11(15)13(17)18/h10-11H,2-9H2,1H3,(H,17,18)/t10?,11-/m1/s1. The zero-order valence-electron chi connectivity index (χ0n) is 11.4. The molecular weight excluding hydrogens is 264 g/mol. The summed E-state index contributed by atoms with van der Waals surface area (Å²) in [7, 11) is 0. The first-order valence-electron chi connectivity index (χ1n) is 6.90. The first-order valence-corrected chi connectivity index (χ1v) is 8.05. The van der Waals surface area contributed by atoms with Crippen molar-refractivity contribution in [3.8, 4) is 0 Å². The van der Waals surface area contributed by atoms with E-state index in [-0.39, 0.29) is 5.91 Å². The van der Waals surface area contributed by atoms with Crippen LogP contribution in [-0.4, -0.2) is 64.1 Å². The molecule has 0 radical (unpaired) electrons. The smallest absolute Gasteiger partial charge is 0.327 e. The van der Waals surface area contributed by atoms with Gasteiger partial charge in [0, 0.05) is 25.3 Å². The van der Waals surface area contributed by atoms with Crippen molar-refractivity contribution in [1.82, 2.24) is 9.80 Å². The molecule has 2 aliphatic rings. The van der Waals surface area contributed by atoms with Crippen LogP contribution in [0.25, 0.3) is 0 Å².